The molecular formula is C16H28F3N3O3. The molecule has 0 aromatic heterocycles. The van der Waals surface area contributed by atoms with Crippen LogP contribution >= 0.6 is 0 Å². The fourth-order valence-electron chi connectivity index (χ4n) is 2.15. The third kappa shape index (κ3) is 12.4. The SMILES string of the molecule is CC(C=O)C[C@H](CCCCNC(=O)C(F)(F)F)NC(=O)CNC(C)C. The molecule has 25 heavy (non-hydrogen) atoms. The van der Waals surface area contributed by atoms with E-state index in [1.165, 1.54) is 0 Å². The number of unbranched alkanes of at least 4 members (excludes halogenated alkanes) is 1. The quantitative estimate of drug-likeness (QED) is 0.361. The van der Waals surface area contributed by atoms with E-state index in [1.54, 1.807) is 12.2 Å². The fourth-order valence-corrected chi connectivity index (χ4v) is 2.15. The Hall–Kier alpha value is -1.64. The normalized spacial score (nSPS) is 14.0. The van der Waals surface area contributed by atoms with Crippen LogP contribution in [0.3, 0.4) is 0 Å². The molecule has 0 aromatic rings. The fraction of sp³-hybridized carbons (Fsp3) is 0.812. The Bertz CT molecular complexity index is 429. The van der Waals surface area contributed by atoms with E-state index in [4.69, 9.17) is 0 Å². The minimum absolute atomic E-state index is 0.0862. The molecule has 0 aliphatic rings. The van der Waals surface area contributed by atoms with E-state index in [9.17, 15) is 27.6 Å². The van der Waals surface area contributed by atoms with Crippen molar-refractivity contribution in [3.05, 3.63) is 0 Å². The van der Waals surface area contributed by atoms with Gasteiger partial charge in [0.15, 0.2) is 0 Å². The number of amides is 2. The molecule has 0 spiro atoms. The maximum atomic E-state index is 12.0. The number of halogens is 3. The van der Waals surface area contributed by atoms with Gasteiger partial charge in [-0.3, -0.25) is 9.59 Å². The molecular weight excluding hydrogens is 339 g/mol. The topological polar surface area (TPSA) is 87.3 Å². The van der Waals surface area contributed by atoms with Crippen LogP contribution in [0, 0.1) is 5.92 Å². The smallest absolute Gasteiger partial charge is 0.352 e. The second kappa shape index (κ2) is 11.8. The van der Waals surface area contributed by atoms with E-state index < -0.39 is 12.1 Å². The van der Waals surface area contributed by atoms with Crippen LogP contribution in [-0.4, -0.2) is 49.5 Å². The Labute approximate surface area is 146 Å². The van der Waals surface area contributed by atoms with E-state index in [2.05, 4.69) is 10.6 Å². The van der Waals surface area contributed by atoms with Crippen LogP contribution in [-0.2, 0) is 14.4 Å². The van der Waals surface area contributed by atoms with Crippen molar-refractivity contribution in [3.8, 4) is 0 Å². The van der Waals surface area contributed by atoms with Crippen LogP contribution in [0.5, 0.6) is 0 Å². The molecule has 0 rings (SSSR count). The highest BCUT2D eigenvalue weighted by Crippen LogP contribution is 2.14. The van der Waals surface area contributed by atoms with Gasteiger partial charge in [0.2, 0.25) is 5.91 Å². The van der Waals surface area contributed by atoms with Crippen molar-refractivity contribution in [2.24, 2.45) is 5.92 Å². The van der Waals surface area contributed by atoms with Crippen molar-refractivity contribution in [1.29, 1.82) is 0 Å². The summed E-state index contributed by atoms with van der Waals surface area (Å²) in [5.41, 5.74) is 0. The van der Waals surface area contributed by atoms with Gasteiger partial charge >= 0.3 is 12.1 Å². The van der Waals surface area contributed by atoms with Gasteiger partial charge in [0.05, 0.1) is 6.54 Å². The van der Waals surface area contributed by atoms with E-state index in [0.717, 1.165) is 6.29 Å². The molecule has 0 saturated carbocycles. The lowest BCUT2D eigenvalue weighted by molar-refractivity contribution is -0.173. The Morgan fingerprint density at radius 3 is 2.28 bits per heavy atom. The predicted molar refractivity (Wildman–Crippen MR) is 87.8 cm³/mol. The lowest BCUT2D eigenvalue weighted by Crippen LogP contribution is -2.42. The molecule has 0 radical (unpaired) electrons. The maximum absolute atomic E-state index is 12.0. The second-order valence-corrected chi connectivity index (χ2v) is 6.40. The molecule has 0 saturated heterocycles. The van der Waals surface area contributed by atoms with Crippen molar-refractivity contribution < 1.29 is 27.6 Å². The Morgan fingerprint density at radius 2 is 1.76 bits per heavy atom. The minimum Gasteiger partial charge on any atom is -0.352 e. The zero-order chi connectivity index (χ0) is 19.5. The first-order chi connectivity index (χ1) is 11.6. The van der Waals surface area contributed by atoms with Gasteiger partial charge in [0, 0.05) is 24.5 Å². The van der Waals surface area contributed by atoms with E-state index in [-0.39, 0.29) is 37.0 Å². The molecule has 2 amide bonds. The number of nitrogens with one attached hydrogen (secondary N) is 3. The highest BCUT2D eigenvalue weighted by atomic mass is 19.4. The second-order valence-electron chi connectivity index (χ2n) is 6.40. The summed E-state index contributed by atoms with van der Waals surface area (Å²) in [6.07, 6.45) is -2.21. The van der Waals surface area contributed by atoms with Gasteiger partial charge in [-0.15, -0.1) is 0 Å². The molecule has 0 heterocycles. The predicted octanol–water partition coefficient (Wildman–Crippen LogP) is 1.54. The molecule has 0 aromatic carbocycles. The molecule has 146 valence electrons. The molecule has 9 heteroatoms. The van der Waals surface area contributed by atoms with E-state index in [0.29, 0.717) is 25.7 Å². The van der Waals surface area contributed by atoms with E-state index in [1.807, 2.05) is 13.8 Å². The molecule has 0 bridgehead atoms. The minimum atomic E-state index is -4.88. The molecule has 6 nitrogen and oxygen atoms in total. The summed E-state index contributed by atoms with van der Waals surface area (Å²) in [6, 6.07) is -0.0738. The zero-order valence-electron chi connectivity index (χ0n) is 14.9. The van der Waals surface area contributed by atoms with Crippen LogP contribution in [0.4, 0.5) is 13.2 Å². The number of rotatable bonds is 12. The number of hydrogen-bond acceptors (Lipinski definition) is 4. The Kier molecular flexibility index (Phi) is 11.1. The number of carbonyl (C=O) groups is 3. The van der Waals surface area contributed by atoms with Crippen molar-refractivity contribution in [3.63, 3.8) is 0 Å². The molecule has 0 fully saturated rings. The summed E-state index contributed by atoms with van der Waals surface area (Å²) in [4.78, 5) is 33.4. The average Bonchev–Trinajstić information content (AvgIpc) is 2.51. The van der Waals surface area contributed by atoms with E-state index >= 15 is 0 Å². The van der Waals surface area contributed by atoms with Crippen LogP contribution in [0.2, 0.25) is 0 Å². The van der Waals surface area contributed by atoms with Crippen molar-refractivity contribution in [1.82, 2.24) is 16.0 Å². The summed E-state index contributed by atoms with van der Waals surface area (Å²) >= 11 is 0. The maximum Gasteiger partial charge on any atom is 0.471 e. The van der Waals surface area contributed by atoms with Gasteiger partial charge in [-0.05, 0) is 25.7 Å². The largest absolute Gasteiger partial charge is 0.471 e. The molecule has 0 aliphatic heterocycles. The highest BCUT2D eigenvalue weighted by Gasteiger charge is 2.38. The molecule has 2 atom stereocenters. The molecule has 0 aliphatic carbocycles. The molecule has 3 N–H and O–H groups in total. The van der Waals surface area contributed by atoms with Crippen LogP contribution in [0.15, 0.2) is 0 Å². The van der Waals surface area contributed by atoms with Gasteiger partial charge < -0.3 is 20.7 Å². The van der Waals surface area contributed by atoms with Crippen molar-refractivity contribution >= 4 is 18.1 Å². The van der Waals surface area contributed by atoms with Gasteiger partial charge in [0.1, 0.15) is 6.29 Å². The first-order valence-electron chi connectivity index (χ1n) is 8.39. The lowest BCUT2D eigenvalue weighted by Gasteiger charge is -2.21. The van der Waals surface area contributed by atoms with Gasteiger partial charge in [-0.25, -0.2) is 0 Å². The molecule has 1 unspecified atom stereocenters. The summed E-state index contributed by atoms with van der Waals surface area (Å²) in [6.45, 7) is 5.63. The number of alkyl halides is 3. The van der Waals surface area contributed by atoms with Gasteiger partial charge in [-0.2, -0.15) is 13.2 Å². The summed E-state index contributed by atoms with van der Waals surface area (Å²) in [7, 11) is 0. The monoisotopic (exact) mass is 367 g/mol. The van der Waals surface area contributed by atoms with Gasteiger partial charge in [0.25, 0.3) is 0 Å². The zero-order valence-corrected chi connectivity index (χ0v) is 14.9. The summed E-state index contributed by atoms with van der Waals surface area (Å²) in [5.74, 6) is -2.37. The third-order valence-electron chi connectivity index (χ3n) is 3.45. The summed E-state index contributed by atoms with van der Waals surface area (Å²) in [5, 5.41) is 7.62. The summed E-state index contributed by atoms with van der Waals surface area (Å²) < 4.78 is 36.1. The van der Waals surface area contributed by atoms with Crippen LogP contribution in [0.25, 0.3) is 0 Å². The standard InChI is InChI=1S/C16H28F3N3O3/c1-11(2)21-9-14(24)22-13(8-12(3)10-23)6-4-5-7-20-15(25)16(17,18)19/h10-13,21H,4-9H2,1-3H3,(H,20,25)(H,22,24)/t12?,13-/m0/s1. The number of hydrogen-bond donors (Lipinski definition) is 3. The number of carbonyl (C=O) groups excluding carboxylic acids is 3. The number of aldehydes is 1. The lowest BCUT2D eigenvalue weighted by atomic mass is 9.98. The van der Waals surface area contributed by atoms with Gasteiger partial charge in [-0.1, -0.05) is 20.8 Å². The Balaban J connectivity index is 4.24. The first-order valence-corrected chi connectivity index (χ1v) is 8.39. The van der Waals surface area contributed by atoms with Crippen molar-refractivity contribution in [2.45, 2.75) is 64.7 Å². The highest BCUT2D eigenvalue weighted by molar-refractivity contribution is 5.81. The Morgan fingerprint density at radius 1 is 1.12 bits per heavy atom. The average molecular weight is 367 g/mol. The van der Waals surface area contributed by atoms with Crippen LogP contribution < -0.4 is 16.0 Å². The third-order valence-corrected chi connectivity index (χ3v) is 3.45. The van der Waals surface area contributed by atoms with Crippen molar-refractivity contribution in [2.75, 3.05) is 13.1 Å². The van der Waals surface area contributed by atoms with Crippen LogP contribution in [0.1, 0.15) is 46.5 Å². The first kappa shape index (κ1) is 23.4.